The van der Waals surface area contributed by atoms with Gasteiger partial charge in [-0.05, 0) is 30.9 Å². The molecular weight excluding hydrogens is 226 g/mol. The number of benzene rings is 1. The second-order valence-electron chi connectivity index (χ2n) is 4.20. The van der Waals surface area contributed by atoms with E-state index in [1.54, 1.807) is 0 Å². The maximum atomic E-state index is 11.6. The molecule has 1 aliphatic rings. The summed E-state index contributed by atoms with van der Waals surface area (Å²) in [5, 5.41) is 2.78. The minimum absolute atomic E-state index is 0.301. The topological polar surface area (TPSA) is 38.3 Å². The Morgan fingerprint density at radius 1 is 1.28 bits per heavy atom. The van der Waals surface area contributed by atoms with Gasteiger partial charge < -0.3 is 4.74 Å². The summed E-state index contributed by atoms with van der Waals surface area (Å²) in [6, 6.07) is 9.65. The molecule has 94 valence electrons. The van der Waals surface area contributed by atoms with Gasteiger partial charge in [-0.25, -0.2) is 4.79 Å². The molecule has 0 aromatic heterocycles. The Balaban J connectivity index is 1.78. The molecule has 1 aliphatic carbocycles. The highest BCUT2D eigenvalue weighted by Crippen LogP contribution is 2.10. The van der Waals surface area contributed by atoms with Crippen LogP contribution >= 0.6 is 0 Å². The van der Waals surface area contributed by atoms with Crippen LogP contribution in [0, 0.1) is 0 Å². The molecule has 0 radical (unpaired) electrons. The number of hydrogen-bond donors (Lipinski definition) is 1. The number of ether oxygens (including phenoxy) is 1. The number of rotatable bonds is 3. The minimum atomic E-state index is -0.389. The summed E-state index contributed by atoms with van der Waals surface area (Å²) in [4.78, 5) is 11.6. The lowest BCUT2D eigenvalue weighted by molar-refractivity contribution is 0.142. The van der Waals surface area contributed by atoms with Crippen LogP contribution in [-0.2, 0) is 11.3 Å². The van der Waals surface area contributed by atoms with Gasteiger partial charge in [0.25, 0.3) is 0 Å². The van der Waals surface area contributed by atoms with Crippen LogP contribution in [0.2, 0.25) is 0 Å². The first-order chi connectivity index (χ1) is 8.84. The summed E-state index contributed by atoms with van der Waals surface area (Å²) in [6.45, 7) is 0.301. The highest BCUT2D eigenvalue weighted by atomic mass is 16.5. The Kier molecular flexibility index (Phi) is 4.59. The summed E-state index contributed by atoms with van der Waals surface area (Å²) < 4.78 is 5.16. The van der Waals surface area contributed by atoms with Crippen molar-refractivity contribution in [2.45, 2.75) is 25.9 Å². The Hall–Kier alpha value is -2.03. The monoisotopic (exact) mass is 243 g/mol. The van der Waals surface area contributed by atoms with E-state index in [9.17, 15) is 4.79 Å². The van der Waals surface area contributed by atoms with Crippen LogP contribution in [-0.4, -0.2) is 6.09 Å². The van der Waals surface area contributed by atoms with Crippen LogP contribution in [0.3, 0.4) is 0 Å². The van der Waals surface area contributed by atoms with Crippen LogP contribution in [0.15, 0.2) is 54.3 Å². The molecule has 1 amide bonds. The van der Waals surface area contributed by atoms with Gasteiger partial charge in [0.2, 0.25) is 0 Å². The van der Waals surface area contributed by atoms with E-state index in [0.29, 0.717) is 6.61 Å². The van der Waals surface area contributed by atoms with E-state index in [-0.39, 0.29) is 6.09 Å². The van der Waals surface area contributed by atoms with Gasteiger partial charge in [0.1, 0.15) is 6.61 Å². The first kappa shape index (κ1) is 12.4. The second-order valence-corrected chi connectivity index (χ2v) is 4.20. The van der Waals surface area contributed by atoms with Crippen molar-refractivity contribution in [3.05, 3.63) is 59.8 Å². The molecule has 0 unspecified atom stereocenters. The van der Waals surface area contributed by atoms with Crippen LogP contribution in [0.5, 0.6) is 0 Å². The summed E-state index contributed by atoms with van der Waals surface area (Å²) in [5.74, 6) is 0. The predicted molar refractivity (Wildman–Crippen MR) is 70.8 cm³/mol. The molecule has 0 fully saturated rings. The van der Waals surface area contributed by atoms with Crippen LogP contribution in [0.4, 0.5) is 4.79 Å². The van der Waals surface area contributed by atoms with Gasteiger partial charge in [0, 0.05) is 5.70 Å². The molecule has 3 nitrogen and oxygen atoms in total. The molecule has 18 heavy (non-hydrogen) atoms. The Labute approximate surface area is 107 Å². The normalized spacial score (nSPS) is 14.6. The van der Waals surface area contributed by atoms with Crippen LogP contribution in [0.25, 0.3) is 0 Å². The van der Waals surface area contributed by atoms with Crippen molar-refractivity contribution in [3.8, 4) is 0 Å². The van der Waals surface area contributed by atoms with Gasteiger partial charge in [-0.15, -0.1) is 0 Å². The molecule has 0 atom stereocenters. The van der Waals surface area contributed by atoms with Gasteiger partial charge in [-0.1, -0.05) is 42.5 Å². The van der Waals surface area contributed by atoms with E-state index >= 15 is 0 Å². The molecule has 0 heterocycles. The van der Waals surface area contributed by atoms with Gasteiger partial charge >= 0.3 is 6.09 Å². The number of hydrogen-bond acceptors (Lipinski definition) is 2. The van der Waals surface area contributed by atoms with Crippen LogP contribution < -0.4 is 5.32 Å². The lowest BCUT2D eigenvalue weighted by Crippen LogP contribution is -2.23. The lowest BCUT2D eigenvalue weighted by atomic mass is 10.2. The maximum Gasteiger partial charge on any atom is 0.411 e. The van der Waals surface area contributed by atoms with E-state index in [1.165, 1.54) is 0 Å². The zero-order chi connectivity index (χ0) is 12.6. The fourth-order valence-electron chi connectivity index (χ4n) is 1.77. The molecule has 0 saturated carbocycles. The van der Waals surface area contributed by atoms with Crippen molar-refractivity contribution in [1.29, 1.82) is 0 Å². The number of amides is 1. The quantitative estimate of drug-likeness (QED) is 0.881. The molecule has 1 aromatic carbocycles. The summed E-state index contributed by atoms with van der Waals surface area (Å²) in [5.41, 5.74) is 1.91. The standard InChI is InChI=1S/C15H17NO2/c17-15(16-14-10-6-1-2-7-11-14)18-12-13-8-4-3-5-9-13/h1,3-6,8-10H,2,7,11-12H2,(H,16,17). The molecule has 0 bridgehead atoms. The van der Waals surface area contributed by atoms with Gasteiger partial charge in [0.15, 0.2) is 0 Å². The largest absolute Gasteiger partial charge is 0.444 e. The van der Waals surface area contributed by atoms with Gasteiger partial charge in [-0.2, -0.15) is 0 Å². The molecule has 1 N–H and O–H groups in total. The van der Waals surface area contributed by atoms with Crippen molar-refractivity contribution in [2.24, 2.45) is 0 Å². The molecule has 0 spiro atoms. The number of nitrogens with one attached hydrogen (secondary N) is 1. The van der Waals surface area contributed by atoms with E-state index < -0.39 is 0 Å². The van der Waals surface area contributed by atoms with E-state index in [1.807, 2.05) is 42.5 Å². The first-order valence-corrected chi connectivity index (χ1v) is 6.18. The number of carbonyl (C=O) groups excluding carboxylic acids is 1. The number of allylic oxidation sites excluding steroid dienone is 4. The third kappa shape index (κ3) is 4.09. The average Bonchev–Trinajstić information content (AvgIpc) is 2.66. The third-order valence-electron chi connectivity index (χ3n) is 2.73. The van der Waals surface area contributed by atoms with Gasteiger partial charge in [-0.3, -0.25) is 5.32 Å². The summed E-state index contributed by atoms with van der Waals surface area (Å²) in [6.07, 6.45) is 8.61. The summed E-state index contributed by atoms with van der Waals surface area (Å²) >= 11 is 0. The zero-order valence-electron chi connectivity index (χ0n) is 10.3. The van der Waals surface area contributed by atoms with Crippen LogP contribution in [0.1, 0.15) is 24.8 Å². The van der Waals surface area contributed by atoms with E-state index in [0.717, 1.165) is 30.5 Å². The van der Waals surface area contributed by atoms with Crippen molar-refractivity contribution in [2.75, 3.05) is 0 Å². The summed E-state index contributed by atoms with van der Waals surface area (Å²) in [7, 11) is 0. The smallest absolute Gasteiger partial charge is 0.411 e. The average molecular weight is 243 g/mol. The van der Waals surface area contributed by atoms with Crippen molar-refractivity contribution >= 4 is 6.09 Å². The Bertz CT molecular complexity index is 449. The molecule has 0 aliphatic heterocycles. The second kappa shape index (κ2) is 6.64. The van der Waals surface area contributed by atoms with E-state index in [2.05, 4.69) is 11.4 Å². The minimum Gasteiger partial charge on any atom is -0.444 e. The van der Waals surface area contributed by atoms with Gasteiger partial charge in [0.05, 0.1) is 0 Å². The molecule has 1 aromatic rings. The zero-order valence-corrected chi connectivity index (χ0v) is 10.3. The molecule has 0 saturated heterocycles. The fraction of sp³-hybridized carbons (Fsp3) is 0.267. The highest BCUT2D eigenvalue weighted by molar-refractivity contribution is 5.69. The van der Waals surface area contributed by atoms with Crippen molar-refractivity contribution in [3.63, 3.8) is 0 Å². The molecular formula is C15H17NO2. The maximum absolute atomic E-state index is 11.6. The number of alkyl carbamates (subject to hydrolysis) is 1. The van der Waals surface area contributed by atoms with E-state index in [4.69, 9.17) is 4.74 Å². The number of carbonyl (C=O) groups is 1. The fourth-order valence-corrected chi connectivity index (χ4v) is 1.77. The predicted octanol–water partition coefficient (Wildman–Crippen LogP) is 3.54. The third-order valence-corrected chi connectivity index (χ3v) is 2.73. The highest BCUT2D eigenvalue weighted by Gasteiger charge is 2.06. The molecule has 3 heteroatoms. The first-order valence-electron chi connectivity index (χ1n) is 6.18. The molecule has 2 rings (SSSR count). The Morgan fingerprint density at radius 3 is 2.94 bits per heavy atom. The Morgan fingerprint density at radius 2 is 2.11 bits per heavy atom. The van der Waals surface area contributed by atoms with Crippen molar-refractivity contribution in [1.82, 2.24) is 5.32 Å². The lowest BCUT2D eigenvalue weighted by Gasteiger charge is -2.09. The SMILES string of the molecule is O=C(NC1=CC=CCCC1)OCc1ccccc1. The van der Waals surface area contributed by atoms with Crippen molar-refractivity contribution < 1.29 is 9.53 Å².